The maximum absolute atomic E-state index is 13.0. The molecule has 0 aliphatic carbocycles. The van der Waals surface area contributed by atoms with Gasteiger partial charge in [-0.2, -0.15) is 13.6 Å². The average Bonchev–Trinajstić information content (AvgIpc) is 3.46. The number of phosphoric acid groups is 3. The van der Waals surface area contributed by atoms with Crippen LogP contribution in [0.25, 0.3) is 21.6 Å². The Morgan fingerprint density at radius 2 is 1.97 bits per heavy atom. The van der Waals surface area contributed by atoms with Crippen molar-refractivity contribution in [3.63, 3.8) is 0 Å². The van der Waals surface area contributed by atoms with E-state index in [0.717, 1.165) is 21.3 Å². The molecular formula is C14H23N8O13P3. The highest BCUT2D eigenvalue weighted by atomic mass is 31.3. The largest absolute Gasteiger partial charge is 0.492 e. The first-order valence-electron chi connectivity index (χ1n) is 10.2. The lowest BCUT2D eigenvalue weighted by Gasteiger charge is -2.24. The van der Waals surface area contributed by atoms with Crippen LogP contribution < -0.4 is 11.3 Å². The third-order valence-electron chi connectivity index (χ3n) is 4.83. The summed E-state index contributed by atoms with van der Waals surface area (Å²) in [5.41, 5.74) is 13.7. The minimum absolute atomic E-state index is 0.0149. The van der Waals surface area contributed by atoms with Gasteiger partial charge in [-0.25, -0.2) is 18.7 Å². The molecule has 4 N–H and O–H groups in total. The molecule has 0 aromatic carbocycles. The third-order valence-corrected chi connectivity index (χ3v) is 9.88. The molecule has 24 heteroatoms. The van der Waals surface area contributed by atoms with Crippen molar-refractivity contribution < 1.29 is 54.8 Å². The number of ether oxygens (including phenoxy) is 2. The van der Waals surface area contributed by atoms with E-state index in [1.54, 1.807) is 0 Å². The predicted octanol–water partition coefficient (Wildman–Crippen LogP) is 1.95. The van der Waals surface area contributed by atoms with E-state index in [9.17, 15) is 23.4 Å². The number of aromatic amines is 1. The Bertz CT molecular complexity index is 1390. The van der Waals surface area contributed by atoms with Gasteiger partial charge in [0.25, 0.3) is 5.56 Å². The third kappa shape index (κ3) is 7.25. The van der Waals surface area contributed by atoms with Gasteiger partial charge in [-0.05, 0) is 5.53 Å². The Labute approximate surface area is 212 Å². The lowest BCUT2D eigenvalue weighted by atomic mass is 10.2. The summed E-state index contributed by atoms with van der Waals surface area (Å²) in [6, 6.07) is 0. The number of nitrogen functional groups attached to an aromatic ring is 1. The van der Waals surface area contributed by atoms with E-state index in [1.165, 1.54) is 10.9 Å². The molecule has 2 aromatic rings. The summed E-state index contributed by atoms with van der Waals surface area (Å²) >= 11 is 0. The van der Waals surface area contributed by atoms with Gasteiger partial charge in [0.05, 0.1) is 19.0 Å². The van der Waals surface area contributed by atoms with Gasteiger partial charge < -0.3 is 20.1 Å². The molecule has 1 aliphatic rings. The number of H-pyrrole nitrogens is 1. The van der Waals surface area contributed by atoms with Crippen LogP contribution >= 0.6 is 23.5 Å². The van der Waals surface area contributed by atoms with Crippen molar-refractivity contribution in [3.05, 3.63) is 27.1 Å². The Hall–Kier alpha value is -2.21. The maximum atomic E-state index is 13.0. The lowest BCUT2D eigenvalue weighted by Crippen LogP contribution is -2.29. The zero-order valence-electron chi connectivity index (χ0n) is 19.9. The normalized spacial score (nSPS) is 24.4. The van der Waals surface area contributed by atoms with Crippen LogP contribution in [0.3, 0.4) is 0 Å². The van der Waals surface area contributed by atoms with Gasteiger partial charge in [-0.1, -0.05) is 5.11 Å². The molecule has 212 valence electrons. The molecule has 0 saturated carbocycles. The standard InChI is InChI=1S/C14H23N8O13P3/c1-28-36(24,25)34-38(27,30-3)35-37(26,29-2)32-5-9-8(31-7-18-21-16)4-10(33-9)22-6-17-11-12(22)19-14(15)20-13(11)23/h6,8-10H,4-5,7H2,1-3H3,(H,24,25)(H3,15,19,20,23)/t8-,9+,10+,37?,38?/m0/s1. The fourth-order valence-corrected chi connectivity index (χ4v) is 7.21. The minimum Gasteiger partial charge on any atom is -0.369 e. The zero-order valence-corrected chi connectivity index (χ0v) is 22.6. The number of nitrogens with one attached hydrogen (secondary N) is 1. The summed E-state index contributed by atoms with van der Waals surface area (Å²) in [6.07, 6.45) is -1.42. The highest BCUT2D eigenvalue weighted by Crippen LogP contribution is 2.71. The number of fused-ring (bicyclic) bond motifs is 1. The van der Waals surface area contributed by atoms with E-state index in [4.69, 9.17) is 29.6 Å². The average molecular weight is 604 g/mol. The minimum atomic E-state index is -5.01. The monoisotopic (exact) mass is 604 g/mol. The summed E-state index contributed by atoms with van der Waals surface area (Å²) in [4.78, 5) is 34.5. The lowest BCUT2D eigenvalue weighted by molar-refractivity contribution is -0.0589. The van der Waals surface area contributed by atoms with Crippen molar-refractivity contribution in [2.45, 2.75) is 24.9 Å². The number of azide groups is 1. The molecule has 0 amide bonds. The van der Waals surface area contributed by atoms with Gasteiger partial charge in [-0.15, -0.1) is 0 Å². The molecule has 2 aromatic heterocycles. The van der Waals surface area contributed by atoms with Gasteiger partial charge in [0.1, 0.15) is 19.1 Å². The molecule has 6 atom stereocenters. The van der Waals surface area contributed by atoms with E-state index >= 15 is 0 Å². The fraction of sp³-hybridized carbons (Fsp3) is 0.643. The van der Waals surface area contributed by atoms with Crippen LogP contribution in [-0.4, -0.2) is 71.3 Å². The van der Waals surface area contributed by atoms with Crippen molar-refractivity contribution in [3.8, 4) is 0 Å². The van der Waals surface area contributed by atoms with Crippen LogP contribution in [0.1, 0.15) is 12.6 Å². The van der Waals surface area contributed by atoms with E-state index in [1.807, 2.05) is 0 Å². The Balaban J connectivity index is 1.80. The summed E-state index contributed by atoms with van der Waals surface area (Å²) in [6.45, 7) is -1.01. The SMILES string of the molecule is COP(=O)(O)OP(=O)(OC)OP(=O)(OC)OC[C@H]1O[C@@H](n2cnc3c(=O)[nH]c(N)nc32)C[C@@H]1OCN=[N+]=[N-]. The van der Waals surface area contributed by atoms with E-state index in [0.29, 0.717) is 0 Å². The topological polar surface area (TPSA) is 284 Å². The zero-order chi connectivity index (χ0) is 28.1. The van der Waals surface area contributed by atoms with Crippen LogP contribution in [0.2, 0.25) is 0 Å². The first kappa shape index (κ1) is 30.3. The molecular weight excluding hydrogens is 581 g/mol. The van der Waals surface area contributed by atoms with Crippen molar-refractivity contribution in [1.29, 1.82) is 0 Å². The molecule has 0 radical (unpaired) electrons. The van der Waals surface area contributed by atoms with Crippen LogP contribution in [-0.2, 0) is 49.9 Å². The number of nitrogens with two attached hydrogens (primary N) is 1. The van der Waals surface area contributed by atoms with Gasteiger partial charge in [-0.3, -0.25) is 32.4 Å². The van der Waals surface area contributed by atoms with Gasteiger partial charge in [0, 0.05) is 32.7 Å². The fourth-order valence-electron chi connectivity index (χ4n) is 3.14. The molecule has 0 bridgehead atoms. The van der Waals surface area contributed by atoms with Gasteiger partial charge in [0.2, 0.25) is 5.95 Å². The molecule has 3 unspecified atom stereocenters. The second kappa shape index (κ2) is 12.3. The van der Waals surface area contributed by atoms with Crippen LogP contribution in [0.4, 0.5) is 5.95 Å². The van der Waals surface area contributed by atoms with Crippen LogP contribution in [0.5, 0.6) is 0 Å². The number of aromatic nitrogens is 4. The molecule has 3 rings (SSSR count). The number of rotatable bonds is 14. The van der Waals surface area contributed by atoms with Gasteiger partial charge in [0.15, 0.2) is 11.2 Å². The molecule has 1 aliphatic heterocycles. The molecule has 1 saturated heterocycles. The van der Waals surface area contributed by atoms with Crippen molar-refractivity contribution in [1.82, 2.24) is 19.5 Å². The predicted molar refractivity (Wildman–Crippen MR) is 124 cm³/mol. The van der Waals surface area contributed by atoms with Crippen LogP contribution in [0.15, 0.2) is 16.2 Å². The van der Waals surface area contributed by atoms with E-state index in [-0.39, 0.29) is 23.5 Å². The Morgan fingerprint density at radius 1 is 1.26 bits per heavy atom. The number of nitrogens with zero attached hydrogens (tertiary/aromatic N) is 6. The molecule has 3 heterocycles. The molecule has 38 heavy (non-hydrogen) atoms. The first-order valence-corrected chi connectivity index (χ1v) is 14.6. The smallest absolute Gasteiger partial charge is 0.369 e. The Kier molecular flexibility index (Phi) is 9.83. The second-order valence-electron chi connectivity index (χ2n) is 7.07. The quantitative estimate of drug-likeness (QED) is 0.120. The number of imidazole rings is 1. The number of hydrogen-bond acceptors (Lipinski definition) is 16. The number of anilines is 1. The summed E-state index contributed by atoms with van der Waals surface area (Å²) in [5.74, 6) is -0.165. The molecule has 21 nitrogen and oxygen atoms in total. The van der Waals surface area contributed by atoms with Crippen molar-refractivity contribution >= 4 is 40.6 Å². The second-order valence-corrected chi connectivity index (χ2v) is 12.5. The highest BCUT2D eigenvalue weighted by Gasteiger charge is 2.46. The van der Waals surface area contributed by atoms with Crippen molar-refractivity contribution in [2.24, 2.45) is 5.11 Å². The highest BCUT2D eigenvalue weighted by molar-refractivity contribution is 7.67. The van der Waals surface area contributed by atoms with E-state index < -0.39 is 60.8 Å². The van der Waals surface area contributed by atoms with Crippen molar-refractivity contribution in [2.75, 3.05) is 40.4 Å². The van der Waals surface area contributed by atoms with E-state index in [2.05, 4.69) is 42.9 Å². The number of hydrogen-bond donors (Lipinski definition) is 3. The van der Waals surface area contributed by atoms with Gasteiger partial charge >= 0.3 is 23.5 Å². The van der Waals surface area contributed by atoms with Crippen LogP contribution in [0, 0.1) is 0 Å². The maximum Gasteiger partial charge on any atom is 0.492 e. The summed E-state index contributed by atoms with van der Waals surface area (Å²) in [5, 5.41) is 3.29. The molecule has 0 spiro atoms. The Morgan fingerprint density at radius 3 is 2.61 bits per heavy atom. The summed E-state index contributed by atoms with van der Waals surface area (Å²) in [7, 11) is -12.3. The number of phosphoric ester groups is 2. The first-order chi connectivity index (χ1) is 17.9. The summed E-state index contributed by atoms with van der Waals surface area (Å²) < 4.78 is 77.5. The molecule has 1 fully saturated rings.